The van der Waals surface area contributed by atoms with Crippen LogP contribution >= 0.6 is 0 Å². The van der Waals surface area contributed by atoms with Crippen LogP contribution in [0.15, 0.2) is 6.07 Å². The minimum atomic E-state index is -0.520. The van der Waals surface area contributed by atoms with E-state index in [1.165, 1.54) is 0 Å². The molecule has 90 valence electrons. The number of Topliss-reactive ketones (excluding diaryl/α,β-unsaturated/α-hetero) is 1. The van der Waals surface area contributed by atoms with E-state index in [1.807, 2.05) is 34.6 Å². The lowest BCUT2D eigenvalue weighted by Gasteiger charge is -2.15. The predicted molar refractivity (Wildman–Crippen MR) is 69.1 cm³/mol. The number of ketones is 1. The van der Waals surface area contributed by atoms with Crippen LogP contribution in [0.1, 0.15) is 46.0 Å². The molecular weight excluding hydrogens is 210 g/mol. The molecule has 0 aliphatic heterocycles. The molecule has 0 saturated carbocycles. The Morgan fingerprint density at radius 3 is 2.06 bits per heavy atom. The maximum atomic E-state index is 12.3. The van der Waals surface area contributed by atoms with Crippen molar-refractivity contribution in [2.24, 2.45) is 5.92 Å². The number of aryl methyl sites for hydroxylation is 2. The molecule has 2 heteroatoms. The number of carbonyl (C=O) groups is 1. The molecule has 0 aliphatic carbocycles. The Kier molecular flexibility index (Phi) is 4.07. The van der Waals surface area contributed by atoms with Crippen LogP contribution < -0.4 is 0 Å². The third-order valence-corrected chi connectivity index (χ3v) is 3.49. The molecule has 0 spiro atoms. The van der Waals surface area contributed by atoms with Crippen LogP contribution in [0.2, 0.25) is 0 Å². The Morgan fingerprint density at radius 1 is 1.24 bits per heavy atom. The molecule has 1 aromatic carbocycles. The summed E-state index contributed by atoms with van der Waals surface area (Å²) in [6.45, 7) is 9.80. The van der Waals surface area contributed by atoms with Crippen LogP contribution in [0.5, 0.6) is 0 Å². The second kappa shape index (κ2) is 5.14. The normalized spacial score (nSPS) is 12.0. The van der Waals surface area contributed by atoms with Crippen molar-refractivity contribution in [1.29, 1.82) is 5.26 Å². The zero-order valence-corrected chi connectivity index (χ0v) is 11.2. The van der Waals surface area contributed by atoms with E-state index in [-0.39, 0.29) is 5.78 Å². The van der Waals surface area contributed by atoms with Crippen LogP contribution in [0.4, 0.5) is 0 Å². The average Bonchev–Trinajstić information content (AvgIpc) is 2.28. The summed E-state index contributed by atoms with van der Waals surface area (Å²) < 4.78 is 0. The Bertz CT molecular complexity index is 468. The zero-order chi connectivity index (χ0) is 13.2. The Hall–Kier alpha value is -1.62. The summed E-state index contributed by atoms with van der Waals surface area (Å²) in [5.41, 5.74) is 4.99. The summed E-state index contributed by atoms with van der Waals surface area (Å²) in [7, 11) is 0. The molecule has 1 unspecified atom stereocenters. The molecule has 0 N–H and O–H groups in total. The van der Waals surface area contributed by atoms with Crippen molar-refractivity contribution >= 4 is 5.78 Å². The lowest BCUT2D eigenvalue weighted by molar-refractivity contribution is 0.0945. The molecule has 0 heterocycles. The second-order valence-electron chi connectivity index (χ2n) is 4.59. The van der Waals surface area contributed by atoms with Gasteiger partial charge in [0.25, 0.3) is 0 Å². The summed E-state index contributed by atoms with van der Waals surface area (Å²) in [4.78, 5) is 12.3. The largest absolute Gasteiger partial charge is 0.293 e. The van der Waals surface area contributed by atoms with Crippen LogP contribution in [0.25, 0.3) is 0 Å². The highest BCUT2D eigenvalue weighted by Crippen LogP contribution is 2.25. The van der Waals surface area contributed by atoms with Crippen LogP contribution in [-0.2, 0) is 0 Å². The second-order valence-corrected chi connectivity index (χ2v) is 4.59. The Morgan fingerprint density at radius 2 is 1.71 bits per heavy atom. The summed E-state index contributed by atoms with van der Waals surface area (Å²) >= 11 is 0. The topological polar surface area (TPSA) is 40.9 Å². The molecule has 1 aromatic rings. The van der Waals surface area contributed by atoms with E-state index in [1.54, 1.807) is 0 Å². The fourth-order valence-corrected chi connectivity index (χ4v) is 2.10. The molecule has 2 nitrogen and oxygen atoms in total. The van der Waals surface area contributed by atoms with Gasteiger partial charge in [-0.05, 0) is 56.4 Å². The lowest BCUT2D eigenvalue weighted by Crippen LogP contribution is -2.16. The van der Waals surface area contributed by atoms with Crippen molar-refractivity contribution in [3.05, 3.63) is 33.9 Å². The van der Waals surface area contributed by atoms with Gasteiger partial charge < -0.3 is 0 Å². The van der Waals surface area contributed by atoms with E-state index in [0.29, 0.717) is 6.42 Å². The third kappa shape index (κ3) is 2.39. The fourth-order valence-electron chi connectivity index (χ4n) is 2.10. The number of carbonyl (C=O) groups excluding carboxylic acids is 1. The molecule has 0 bridgehead atoms. The molecular formula is C15H19NO. The van der Waals surface area contributed by atoms with E-state index in [9.17, 15) is 4.79 Å². The van der Waals surface area contributed by atoms with Crippen molar-refractivity contribution in [1.82, 2.24) is 0 Å². The van der Waals surface area contributed by atoms with E-state index < -0.39 is 5.92 Å². The number of hydrogen-bond acceptors (Lipinski definition) is 2. The van der Waals surface area contributed by atoms with Crippen molar-refractivity contribution in [3.8, 4) is 6.07 Å². The smallest absolute Gasteiger partial charge is 0.180 e. The standard InChI is InChI=1S/C15H19NO/c1-6-13(8-16)15(17)14-11(4)9(2)7-10(3)12(14)5/h7,13H,6H2,1-5H3. The van der Waals surface area contributed by atoms with Gasteiger partial charge in [0.1, 0.15) is 5.92 Å². The molecule has 0 radical (unpaired) electrons. The van der Waals surface area contributed by atoms with Gasteiger partial charge in [0.15, 0.2) is 5.78 Å². The highest BCUT2D eigenvalue weighted by Gasteiger charge is 2.22. The minimum Gasteiger partial charge on any atom is -0.293 e. The van der Waals surface area contributed by atoms with E-state index in [2.05, 4.69) is 12.1 Å². The lowest BCUT2D eigenvalue weighted by atomic mass is 9.86. The fraction of sp³-hybridized carbons (Fsp3) is 0.467. The Labute approximate surface area is 103 Å². The molecule has 1 atom stereocenters. The summed E-state index contributed by atoms with van der Waals surface area (Å²) in [6.07, 6.45) is 0.571. The number of nitriles is 1. The number of nitrogens with zero attached hydrogens (tertiary/aromatic N) is 1. The summed E-state index contributed by atoms with van der Waals surface area (Å²) in [5.74, 6) is -0.551. The Balaban J connectivity index is 3.41. The molecule has 0 aromatic heterocycles. The molecule has 0 fully saturated rings. The monoisotopic (exact) mass is 229 g/mol. The van der Waals surface area contributed by atoms with Gasteiger partial charge in [0.05, 0.1) is 6.07 Å². The minimum absolute atomic E-state index is 0.0307. The van der Waals surface area contributed by atoms with E-state index in [0.717, 1.165) is 27.8 Å². The summed E-state index contributed by atoms with van der Waals surface area (Å²) in [6, 6.07) is 4.19. The van der Waals surface area contributed by atoms with Crippen molar-refractivity contribution in [2.45, 2.75) is 41.0 Å². The van der Waals surface area contributed by atoms with Crippen molar-refractivity contribution < 1.29 is 4.79 Å². The van der Waals surface area contributed by atoms with Gasteiger partial charge >= 0.3 is 0 Å². The first kappa shape index (κ1) is 13.4. The van der Waals surface area contributed by atoms with Gasteiger partial charge in [0.2, 0.25) is 0 Å². The van der Waals surface area contributed by atoms with Gasteiger partial charge in [-0.1, -0.05) is 13.0 Å². The number of benzene rings is 1. The van der Waals surface area contributed by atoms with E-state index >= 15 is 0 Å². The van der Waals surface area contributed by atoms with Gasteiger partial charge in [0, 0.05) is 5.56 Å². The highest BCUT2D eigenvalue weighted by molar-refractivity contribution is 6.02. The zero-order valence-electron chi connectivity index (χ0n) is 11.2. The first-order chi connectivity index (χ1) is 7.93. The SMILES string of the molecule is CCC(C#N)C(=O)c1c(C)c(C)cc(C)c1C. The molecule has 1 rings (SSSR count). The van der Waals surface area contributed by atoms with Gasteiger partial charge in [-0.2, -0.15) is 5.26 Å². The summed E-state index contributed by atoms with van der Waals surface area (Å²) in [5, 5.41) is 9.01. The predicted octanol–water partition coefficient (Wildman–Crippen LogP) is 3.65. The molecule has 0 aliphatic rings. The number of rotatable bonds is 3. The van der Waals surface area contributed by atoms with Gasteiger partial charge in [-0.25, -0.2) is 0 Å². The van der Waals surface area contributed by atoms with Crippen LogP contribution in [0.3, 0.4) is 0 Å². The average molecular weight is 229 g/mol. The van der Waals surface area contributed by atoms with Crippen LogP contribution in [0, 0.1) is 44.9 Å². The van der Waals surface area contributed by atoms with Gasteiger partial charge in [-0.15, -0.1) is 0 Å². The quantitative estimate of drug-likeness (QED) is 0.742. The van der Waals surface area contributed by atoms with Gasteiger partial charge in [-0.3, -0.25) is 4.79 Å². The maximum absolute atomic E-state index is 12.3. The highest BCUT2D eigenvalue weighted by atomic mass is 16.1. The van der Waals surface area contributed by atoms with Crippen molar-refractivity contribution in [3.63, 3.8) is 0 Å². The van der Waals surface area contributed by atoms with Crippen molar-refractivity contribution in [2.75, 3.05) is 0 Å². The van der Waals surface area contributed by atoms with Crippen LogP contribution in [-0.4, -0.2) is 5.78 Å². The molecule has 0 saturated heterocycles. The first-order valence-corrected chi connectivity index (χ1v) is 5.95. The molecule has 17 heavy (non-hydrogen) atoms. The maximum Gasteiger partial charge on any atom is 0.180 e. The third-order valence-electron chi connectivity index (χ3n) is 3.49. The first-order valence-electron chi connectivity index (χ1n) is 5.95. The van der Waals surface area contributed by atoms with E-state index in [4.69, 9.17) is 5.26 Å². The number of hydrogen-bond donors (Lipinski definition) is 0. The molecule has 0 amide bonds.